The van der Waals surface area contributed by atoms with Crippen molar-refractivity contribution in [1.82, 2.24) is 0 Å². The average molecular weight is 288 g/mol. The summed E-state index contributed by atoms with van der Waals surface area (Å²) in [5, 5.41) is 12.5. The molecule has 19 heavy (non-hydrogen) atoms. The lowest BCUT2D eigenvalue weighted by atomic mass is 10.00. The third-order valence-corrected chi connectivity index (χ3v) is 5.60. The van der Waals surface area contributed by atoms with Gasteiger partial charge in [-0.3, -0.25) is 0 Å². The standard InChI is InChI=1S/C16H16OS2/c1-10-3-4-11(2)12(7-10)8-13(17)15-9-16-14(19-15)5-6-18-16/h3-7,9,13,17H,8H2,1-2H3. The zero-order chi connectivity index (χ0) is 13.4. The van der Waals surface area contributed by atoms with Crippen LogP contribution in [0.25, 0.3) is 9.40 Å². The van der Waals surface area contributed by atoms with Gasteiger partial charge >= 0.3 is 0 Å². The number of rotatable bonds is 3. The van der Waals surface area contributed by atoms with Gasteiger partial charge in [-0.25, -0.2) is 0 Å². The number of benzene rings is 1. The van der Waals surface area contributed by atoms with Gasteiger partial charge in [-0.1, -0.05) is 23.8 Å². The lowest BCUT2D eigenvalue weighted by Gasteiger charge is -2.11. The number of hydrogen-bond acceptors (Lipinski definition) is 3. The molecule has 98 valence electrons. The highest BCUT2D eigenvalue weighted by Gasteiger charge is 2.14. The molecule has 0 amide bonds. The lowest BCUT2D eigenvalue weighted by molar-refractivity contribution is 0.182. The molecule has 0 radical (unpaired) electrons. The fourth-order valence-corrected chi connectivity index (χ4v) is 4.38. The molecule has 0 saturated heterocycles. The highest BCUT2D eigenvalue weighted by molar-refractivity contribution is 7.26. The van der Waals surface area contributed by atoms with Crippen molar-refractivity contribution in [3.8, 4) is 0 Å². The average Bonchev–Trinajstić information content (AvgIpc) is 2.94. The van der Waals surface area contributed by atoms with Gasteiger partial charge in [0.25, 0.3) is 0 Å². The van der Waals surface area contributed by atoms with Crippen LogP contribution in [0.15, 0.2) is 35.7 Å². The molecule has 0 fully saturated rings. The molecular weight excluding hydrogens is 272 g/mol. The van der Waals surface area contributed by atoms with Crippen molar-refractivity contribution in [3.05, 3.63) is 57.3 Å². The predicted octanol–water partition coefficient (Wildman–Crippen LogP) is 4.86. The third-order valence-electron chi connectivity index (χ3n) is 3.40. The third kappa shape index (κ3) is 2.59. The number of hydrogen-bond donors (Lipinski definition) is 1. The second-order valence-corrected chi connectivity index (χ2v) is 7.01. The van der Waals surface area contributed by atoms with Crippen molar-refractivity contribution >= 4 is 32.1 Å². The van der Waals surface area contributed by atoms with Crippen LogP contribution in [0.1, 0.15) is 27.7 Å². The molecule has 1 nitrogen and oxygen atoms in total. The van der Waals surface area contributed by atoms with Crippen LogP contribution in [0.3, 0.4) is 0 Å². The topological polar surface area (TPSA) is 20.2 Å². The van der Waals surface area contributed by atoms with Gasteiger partial charge in [-0.2, -0.15) is 0 Å². The van der Waals surface area contributed by atoms with E-state index >= 15 is 0 Å². The molecule has 0 aliphatic heterocycles. The molecule has 3 heteroatoms. The highest BCUT2D eigenvalue weighted by Crippen LogP contribution is 2.34. The normalized spacial score (nSPS) is 13.0. The maximum atomic E-state index is 10.4. The van der Waals surface area contributed by atoms with E-state index in [1.54, 1.807) is 22.7 Å². The van der Waals surface area contributed by atoms with Crippen molar-refractivity contribution in [3.63, 3.8) is 0 Å². The number of thiophene rings is 2. The van der Waals surface area contributed by atoms with Crippen LogP contribution in [0, 0.1) is 13.8 Å². The number of aryl methyl sites for hydroxylation is 2. The van der Waals surface area contributed by atoms with Gasteiger partial charge in [0.2, 0.25) is 0 Å². The van der Waals surface area contributed by atoms with Gasteiger partial charge in [0.1, 0.15) is 0 Å². The molecule has 0 aliphatic carbocycles. The fraction of sp³-hybridized carbons (Fsp3) is 0.250. The molecule has 3 rings (SSSR count). The highest BCUT2D eigenvalue weighted by atomic mass is 32.1. The summed E-state index contributed by atoms with van der Waals surface area (Å²) >= 11 is 3.44. The number of fused-ring (bicyclic) bond motifs is 1. The van der Waals surface area contributed by atoms with Crippen molar-refractivity contribution < 1.29 is 5.11 Å². The Balaban J connectivity index is 1.86. The summed E-state index contributed by atoms with van der Waals surface area (Å²) in [6.07, 6.45) is 0.298. The van der Waals surface area contributed by atoms with E-state index in [0.29, 0.717) is 6.42 Å². The van der Waals surface area contributed by atoms with Gasteiger partial charge in [0.05, 0.1) is 6.10 Å². The molecule has 1 aromatic carbocycles. The first-order valence-electron chi connectivity index (χ1n) is 6.34. The summed E-state index contributed by atoms with van der Waals surface area (Å²) < 4.78 is 2.56. The number of aliphatic hydroxyl groups is 1. The minimum atomic E-state index is -0.398. The van der Waals surface area contributed by atoms with Crippen LogP contribution in [-0.2, 0) is 6.42 Å². The molecule has 1 unspecified atom stereocenters. The van der Waals surface area contributed by atoms with Crippen molar-refractivity contribution in [1.29, 1.82) is 0 Å². The summed E-state index contributed by atoms with van der Waals surface area (Å²) in [4.78, 5) is 1.07. The zero-order valence-corrected chi connectivity index (χ0v) is 12.6. The van der Waals surface area contributed by atoms with Crippen LogP contribution in [0.2, 0.25) is 0 Å². The van der Waals surface area contributed by atoms with Gasteiger partial charge in [-0.15, -0.1) is 22.7 Å². The second-order valence-electron chi connectivity index (χ2n) is 4.95. The fourth-order valence-electron chi connectivity index (χ4n) is 2.28. The lowest BCUT2D eigenvalue weighted by Crippen LogP contribution is -2.01. The van der Waals surface area contributed by atoms with E-state index in [9.17, 15) is 5.11 Å². The SMILES string of the molecule is Cc1ccc(C)c(CC(O)c2cc3sccc3s2)c1. The summed E-state index contributed by atoms with van der Waals surface area (Å²) in [7, 11) is 0. The monoisotopic (exact) mass is 288 g/mol. The molecule has 2 heterocycles. The van der Waals surface area contributed by atoms with Gasteiger partial charge in [-0.05, 0) is 42.5 Å². The largest absolute Gasteiger partial charge is 0.387 e. The molecule has 2 aromatic heterocycles. The Kier molecular flexibility index (Phi) is 3.44. The Hall–Kier alpha value is -1.16. The molecule has 0 saturated carbocycles. The summed E-state index contributed by atoms with van der Waals surface area (Å²) in [6, 6.07) is 10.7. The minimum absolute atomic E-state index is 0.398. The van der Waals surface area contributed by atoms with E-state index in [0.717, 1.165) is 4.88 Å². The van der Waals surface area contributed by atoms with Crippen LogP contribution in [-0.4, -0.2) is 5.11 Å². The van der Waals surface area contributed by atoms with Gasteiger partial charge in [0, 0.05) is 20.7 Å². The van der Waals surface area contributed by atoms with E-state index in [2.05, 4.69) is 49.6 Å². The van der Waals surface area contributed by atoms with E-state index < -0.39 is 6.10 Å². The minimum Gasteiger partial charge on any atom is -0.387 e. The Bertz CT molecular complexity index is 680. The first-order valence-corrected chi connectivity index (χ1v) is 8.04. The van der Waals surface area contributed by atoms with Gasteiger partial charge < -0.3 is 5.11 Å². The van der Waals surface area contributed by atoms with Crippen molar-refractivity contribution in [2.45, 2.75) is 26.4 Å². The van der Waals surface area contributed by atoms with Crippen molar-refractivity contribution in [2.75, 3.05) is 0 Å². The Morgan fingerprint density at radius 3 is 2.74 bits per heavy atom. The van der Waals surface area contributed by atoms with E-state index in [-0.39, 0.29) is 0 Å². The van der Waals surface area contributed by atoms with E-state index in [1.807, 2.05) is 0 Å². The second kappa shape index (κ2) is 5.08. The van der Waals surface area contributed by atoms with Crippen LogP contribution >= 0.6 is 22.7 Å². The van der Waals surface area contributed by atoms with E-state index in [4.69, 9.17) is 0 Å². The molecule has 0 spiro atoms. The van der Waals surface area contributed by atoms with Crippen LogP contribution in [0.4, 0.5) is 0 Å². The molecule has 0 bridgehead atoms. The van der Waals surface area contributed by atoms with Crippen molar-refractivity contribution in [2.24, 2.45) is 0 Å². The molecular formula is C16H16OS2. The Morgan fingerprint density at radius 2 is 1.95 bits per heavy atom. The zero-order valence-electron chi connectivity index (χ0n) is 11.0. The first-order chi connectivity index (χ1) is 9.13. The summed E-state index contributed by atoms with van der Waals surface area (Å²) in [5.41, 5.74) is 3.74. The first kappa shape index (κ1) is 12.9. The quantitative estimate of drug-likeness (QED) is 0.730. The van der Waals surface area contributed by atoms with Gasteiger partial charge in [0.15, 0.2) is 0 Å². The molecule has 1 atom stereocenters. The van der Waals surface area contributed by atoms with E-state index in [1.165, 1.54) is 26.1 Å². The van der Waals surface area contributed by atoms with Crippen LogP contribution < -0.4 is 0 Å². The Labute approximate surface area is 121 Å². The van der Waals surface area contributed by atoms with Crippen LogP contribution in [0.5, 0.6) is 0 Å². The molecule has 1 N–H and O–H groups in total. The Morgan fingerprint density at radius 1 is 1.11 bits per heavy atom. The summed E-state index contributed by atoms with van der Waals surface area (Å²) in [6.45, 7) is 4.20. The molecule has 0 aliphatic rings. The maximum Gasteiger partial charge on any atom is 0.0923 e. The maximum absolute atomic E-state index is 10.4. The number of aliphatic hydroxyl groups excluding tert-OH is 1. The summed E-state index contributed by atoms with van der Waals surface area (Å²) in [5.74, 6) is 0. The molecule has 3 aromatic rings. The smallest absolute Gasteiger partial charge is 0.0923 e. The predicted molar refractivity (Wildman–Crippen MR) is 84.3 cm³/mol.